The lowest BCUT2D eigenvalue weighted by molar-refractivity contribution is -0.149. The van der Waals surface area contributed by atoms with Gasteiger partial charge in [0.1, 0.15) is 5.78 Å². The van der Waals surface area contributed by atoms with Crippen LogP contribution < -0.4 is 0 Å². The molecule has 3 fully saturated rings. The van der Waals surface area contributed by atoms with Gasteiger partial charge in [0.05, 0.1) is 0 Å². The zero-order valence-corrected chi connectivity index (χ0v) is 12.3. The van der Waals surface area contributed by atoms with E-state index in [1.807, 2.05) is 0 Å². The van der Waals surface area contributed by atoms with Crippen molar-refractivity contribution in [2.24, 2.45) is 34.5 Å². The van der Waals surface area contributed by atoms with Gasteiger partial charge in [-0.3, -0.25) is 4.79 Å². The van der Waals surface area contributed by atoms with Gasteiger partial charge in [0, 0.05) is 11.3 Å². The molecule has 4 aliphatic rings. The van der Waals surface area contributed by atoms with Crippen LogP contribution in [-0.2, 0) is 4.79 Å². The molecule has 0 aromatic carbocycles. The maximum Gasteiger partial charge on any atom is 0.146 e. The predicted octanol–water partition coefficient (Wildman–Crippen LogP) is 4.37. The molecule has 2 bridgehead atoms. The van der Waals surface area contributed by atoms with Crippen molar-refractivity contribution in [2.45, 2.75) is 58.8 Å². The Morgan fingerprint density at radius 1 is 1.16 bits per heavy atom. The number of rotatable bonds is 0. The molecular formula is C18H26O. The monoisotopic (exact) mass is 258 g/mol. The van der Waals surface area contributed by atoms with E-state index in [0.717, 1.165) is 24.7 Å². The molecule has 0 amide bonds. The van der Waals surface area contributed by atoms with E-state index in [2.05, 4.69) is 26.0 Å². The van der Waals surface area contributed by atoms with Crippen molar-refractivity contribution < 1.29 is 4.79 Å². The van der Waals surface area contributed by atoms with Crippen molar-refractivity contribution in [1.29, 1.82) is 0 Å². The predicted molar refractivity (Wildman–Crippen MR) is 76.6 cm³/mol. The maximum absolute atomic E-state index is 12.7. The Hall–Kier alpha value is -0.590. The molecule has 1 heteroatoms. The highest BCUT2D eigenvalue weighted by Crippen LogP contribution is 2.64. The van der Waals surface area contributed by atoms with E-state index >= 15 is 0 Å². The number of hydrogen-bond acceptors (Lipinski definition) is 1. The topological polar surface area (TPSA) is 17.1 Å². The standard InChI is InChI=1S/C18H26O/c1-17-8-4-6-14(17)13-11-12-5-3-9-18(2,16(12)19)15(13)7-10-17/h3,5,12-15H,4,6-11H2,1-2H3/t12-,13+,14-,15-,17-,18-/m1/s1. The lowest BCUT2D eigenvalue weighted by Gasteiger charge is -2.57. The first-order chi connectivity index (χ1) is 9.05. The first-order valence-corrected chi connectivity index (χ1v) is 8.26. The second-order valence-corrected chi connectivity index (χ2v) is 8.22. The lowest BCUT2D eigenvalue weighted by Crippen LogP contribution is -2.54. The highest BCUT2D eigenvalue weighted by atomic mass is 16.1. The van der Waals surface area contributed by atoms with E-state index in [9.17, 15) is 4.79 Å². The molecule has 19 heavy (non-hydrogen) atoms. The fourth-order valence-electron chi connectivity index (χ4n) is 6.30. The molecule has 0 radical (unpaired) electrons. The van der Waals surface area contributed by atoms with Crippen molar-refractivity contribution in [3.63, 3.8) is 0 Å². The normalized spacial score (nSPS) is 55.8. The Bertz CT molecular complexity index is 451. The van der Waals surface area contributed by atoms with Crippen LogP contribution in [0.2, 0.25) is 0 Å². The summed E-state index contributed by atoms with van der Waals surface area (Å²) in [6.45, 7) is 4.81. The third kappa shape index (κ3) is 1.45. The van der Waals surface area contributed by atoms with Crippen LogP contribution in [0.1, 0.15) is 58.8 Å². The summed E-state index contributed by atoms with van der Waals surface area (Å²) in [5.41, 5.74) is 0.585. The Morgan fingerprint density at radius 3 is 2.84 bits per heavy atom. The summed E-state index contributed by atoms with van der Waals surface area (Å²) < 4.78 is 0. The van der Waals surface area contributed by atoms with Crippen LogP contribution in [0.3, 0.4) is 0 Å². The van der Waals surface area contributed by atoms with Gasteiger partial charge in [-0.25, -0.2) is 0 Å². The number of carbonyl (C=O) groups excluding carboxylic acids is 1. The molecule has 0 aromatic rings. The number of Topliss-reactive ketones (excluding diaryl/α,β-unsaturated/α-hetero) is 1. The number of hydrogen-bond donors (Lipinski definition) is 0. The van der Waals surface area contributed by atoms with Crippen LogP contribution in [0.5, 0.6) is 0 Å². The average molecular weight is 258 g/mol. The quantitative estimate of drug-likeness (QED) is 0.589. The van der Waals surface area contributed by atoms with E-state index in [-0.39, 0.29) is 11.3 Å². The Balaban J connectivity index is 1.75. The number of ketones is 1. The fourth-order valence-corrected chi connectivity index (χ4v) is 6.30. The number of fused-ring (bicyclic) bond motifs is 6. The highest BCUT2D eigenvalue weighted by molar-refractivity contribution is 5.90. The summed E-state index contributed by atoms with van der Waals surface area (Å²) in [5.74, 6) is 3.24. The fraction of sp³-hybridized carbons (Fsp3) is 0.833. The third-order valence-corrected chi connectivity index (χ3v) is 7.37. The average Bonchev–Trinajstić information content (AvgIpc) is 2.75. The highest BCUT2D eigenvalue weighted by Gasteiger charge is 2.59. The van der Waals surface area contributed by atoms with Gasteiger partial charge in [-0.1, -0.05) is 32.4 Å². The summed E-state index contributed by atoms with van der Waals surface area (Å²) in [5, 5.41) is 0. The molecule has 104 valence electrons. The van der Waals surface area contributed by atoms with Crippen molar-refractivity contribution in [3.05, 3.63) is 12.2 Å². The molecule has 1 nitrogen and oxygen atoms in total. The summed E-state index contributed by atoms with van der Waals surface area (Å²) in [4.78, 5) is 12.7. The molecule has 6 atom stereocenters. The lowest BCUT2D eigenvalue weighted by atomic mass is 9.46. The van der Waals surface area contributed by atoms with Gasteiger partial charge in [0.15, 0.2) is 0 Å². The summed E-state index contributed by atoms with van der Waals surface area (Å²) in [7, 11) is 0. The van der Waals surface area contributed by atoms with E-state index in [1.54, 1.807) is 0 Å². The van der Waals surface area contributed by atoms with Crippen LogP contribution in [0.4, 0.5) is 0 Å². The molecule has 0 unspecified atom stereocenters. The Morgan fingerprint density at radius 2 is 2.00 bits per heavy atom. The van der Waals surface area contributed by atoms with Gasteiger partial charge in [-0.05, 0) is 61.7 Å². The SMILES string of the molecule is C[C@]12CCC[C@@H]1[C@@H]1C[C@H]3C=CC[C@@](C)(C3=O)[C@@H]1CC2. The van der Waals surface area contributed by atoms with E-state index in [1.165, 1.54) is 32.1 Å². The molecule has 0 aliphatic heterocycles. The second-order valence-electron chi connectivity index (χ2n) is 8.22. The first-order valence-electron chi connectivity index (χ1n) is 8.26. The van der Waals surface area contributed by atoms with Gasteiger partial charge in [-0.2, -0.15) is 0 Å². The van der Waals surface area contributed by atoms with Gasteiger partial charge < -0.3 is 0 Å². The van der Waals surface area contributed by atoms with Crippen LogP contribution >= 0.6 is 0 Å². The van der Waals surface area contributed by atoms with E-state index < -0.39 is 0 Å². The molecule has 0 N–H and O–H groups in total. The largest absolute Gasteiger partial charge is 0.298 e. The summed E-state index contributed by atoms with van der Waals surface area (Å²) in [6, 6.07) is 0. The van der Waals surface area contributed by atoms with E-state index in [0.29, 0.717) is 17.1 Å². The Labute approximate surface area is 116 Å². The first kappa shape index (κ1) is 12.2. The van der Waals surface area contributed by atoms with E-state index in [4.69, 9.17) is 0 Å². The molecule has 0 heterocycles. The van der Waals surface area contributed by atoms with Gasteiger partial charge in [-0.15, -0.1) is 0 Å². The molecule has 3 saturated carbocycles. The zero-order valence-electron chi connectivity index (χ0n) is 12.3. The van der Waals surface area contributed by atoms with Crippen LogP contribution in [0.25, 0.3) is 0 Å². The van der Waals surface area contributed by atoms with Gasteiger partial charge in [0.25, 0.3) is 0 Å². The molecule has 4 rings (SSSR count). The van der Waals surface area contributed by atoms with Crippen molar-refractivity contribution in [2.75, 3.05) is 0 Å². The molecule has 4 aliphatic carbocycles. The maximum atomic E-state index is 12.7. The van der Waals surface area contributed by atoms with Gasteiger partial charge in [0.2, 0.25) is 0 Å². The summed E-state index contributed by atoms with van der Waals surface area (Å²) in [6.07, 6.45) is 13.7. The number of allylic oxidation sites excluding steroid dienone is 2. The molecular weight excluding hydrogens is 232 g/mol. The molecule has 0 saturated heterocycles. The van der Waals surface area contributed by atoms with Crippen molar-refractivity contribution in [3.8, 4) is 0 Å². The smallest absolute Gasteiger partial charge is 0.146 e. The molecule has 0 spiro atoms. The minimum Gasteiger partial charge on any atom is -0.298 e. The van der Waals surface area contributed by atoms with Crippen LogP contribution in [0.15, 0.2) is 12.2 Å². The van der Waals surface area contributed by atoms with Crippen LogP contribution in [-0.4, -0.2) is 5.78 Å². The zero-order chi connectivity index (χ0) is 13.3. The van der Waals surface area contributed by atoms with Crippen LogP contribution in [0, 0.1) is 34.5 Å². The minimum absolute atomic E-state index is 0.0216. The Kier molecular flexibility index (Phi) is 2.40. The van der Waals surface area contributed by atoms with Gasteiger partial charge >= 0.3 is 0 Å². The molecule has 0 aromatic heterocycles. The summed E-state index contributed by atoms with van der Waals surface area (Å²) >= 11 is 0. The third-order valence-electron chi connectivity index (χ3n) is 7.37. The van der Waals surface area contributed by atoms with Crippen molar-refractivity contribution >= 4 is 5.78 Å². The second kappa shape index (κ2) is 3.74. The number of carbonyl (C=O) groups is 1. The van der Waals surface area contributed by atoms with Crippen molar-refractivity contribution in [1.82, 2.24) is 0 Å². The minimum atomic E-state index is -0.0216.